The number of unbranched alkanes of at least 4 members (excludes halogenated alkanes) is 4. The molecule has 1 fully saturated rings. The fourth-order valence-corrected chi connectivity index (χ4v) is 1.88. The van der Waals surface area contributed by atoms with E-state index in [4.69, 9.17) is 5.11 Å². The second-order valence-corrected chi connectivity index (χ2v) is 4.14. The van der Waals surface area contributed by atoms with Crippen LogP contribution >= 0.6 is 0 Å². The molecule has 0 aromatic heterocycles. The Kier molecular flexibility index (Phi) is 4.26. The van der Waals surface area contributed by atoms with Crippen molar-refractivity contribution in [2.45, 2.75) is 51.9 Å². The number of hydrogen-bond acceptors (Lipinski definition) is 1. The fourth-order valence-electron chi connectivity index (χ4n) is 1.88. The van der Waals surface area contributed by atoms with Crippen molar-refractivity contribution < 1.29 is 9.90 Å². The topological polar surface area (TPSA) is 37.3 Å². The van der Waals surface area contributed by atoms with E-state index in [2.05, 4.69) is 6.92 Å². The lowest BCUT2D eigenvalue weighted by Gasteiger charge is -1.98. The van der Waals surface area contributed by atoms with Crippen molar-refractivity contribution in [3.63, 3.8) is 0 Å². The van der Waals surface area contributed by atoms with Crippen LogP contribution in [0.2, 0.25) is 0 Å². The summed E-state index contributed by atoms with van der Waals surface area (Å²) in [6.45, 7) is 2.21. The molecule has 1 saturated carbocycles. The van der Waals surface area contributed by atoms with Gasteiger partial charge >= 0.3 is 5.97 Å². The van der Waals surface area contributed by atoms with Gasteiger partial charge in [0.05, 0.1) is 5.92 Å². The molecule has 0 heterocycles. The lowest BCUT2D eigenvalue weighted by atomic mass is 10.1. The van der Waals surface area contributed by atoms with Gasteiger partial charge in [0.25, 0.3) is 0 Å². The van der Waals surface area contributed by atoms with Crippen molar-refractivity contribution in [3.8, 4) is 0 Å². The predicted molar refractivity (Wildman–Crippen MR) is 52.6 cm³/mol. The molecular weight excluding hydrogens is 164 g/mol. The zero-order valence-corrected chi connectivity index (χ0v) is 8.46. The fraction of sp³-hybridized carbons (Fsp3) is 0.909. The minimum Gasteiger partial charge on any atom is -0.481 e. The molecule has 13 heavy (non-hydrogen) atoms. The summed E-state index contributed by atoms with van der Waals surface area (Å²) in [5.41, 5.74) is 0. The molecule has 2 atom stereocenters. The van der Waals surface area contributed by atoms with E-state index >= 15 is 0 Å². The Labute approximate surface area is 80.3 Å². The summed E-state index contributed by atoms with van der Waals surface area (Å²) in [5.74, 6) is -0.0659. The molecule has 2 heteroatoms. The van der Waals surface area contributed by atoms with Crippen LogP contribution < -0.4 is 0 Å². The Bertz CT molecular complexity index is 165. The highest BCUT2D eigenvalue weighted by Gasteiger charge is 2.42. The minimum atomic E-state index is -0.585. The van der Waals surface area contributed by atoms with E-state index < -0.39 is 5.97 Å². The molecule has 0 saturated heterocycles. The molecule has 2 nitrogen and oxygen atoms in total. The molecule has 76 valence electrons. The third-order valence-electron chi connectivity index (χ3n) is 2.92. The largest absolute Gasteiger partial charge is 0.481 e. The van der Waals surface area contributed by atoms with Gasteiger partial charge in [-0.2, -0.15) is 0 Å². The highest BCUT2D eigenvalue weighted by Crippen LogP contribution is 2.42. The quantitative estimate of drug-likeness (QED) is 0.617. The maximum atomic E-state index is 10.5. The lowest BCUT2D eigenvalue weighted by molar-refractivity contribution is -0.138. The average Bonchev–Trinajstić information content (AvgIpc) is 2.83. The summed E-state index contributed by atoms with van der Waals surface area (Å²) >= 11 is 0. The normalized spacial score (nSPS) is 25.9. The van der Waals surface area contributed by atoms with Crippen LogP contribution in [-0.4, -0.2) is 11.1 Å². The number of hydrogen-bond donors (Lipinski definition) is 1. The summed E-state index contributed by atoms with van der Waals surface area (Å²) in [6, 6.07) is 0. The number of carboxylic acids is 1. The first-order valence-electron chi connectivity index (χ1n) is 5.48. The minimum absolute atomic E-state index is 0.00572. The Balaban J connectivity index is 1.88. The van der Waals surface area contributed by atoms with Crippen LogP contribution in [-0.2, 0) is 4.79 Å². The van der Waals surface area contributed by atoms with Gasteiger partial charge in [-0.3, -0.25) is 4.79 Å². The van der Waals surface area contributed by atoms with E-state index in [0.29, 0.717) is 5.92 Å². The summed E-state index contributed by atoms with van der Waals surface area (Å²) in [6.07, 6.45) is 8.52. The van der Waals surface area contributed by atoms with Gasteiger partial charge in [-0.1, -0.05) is 39.0 Å². The van der Waals surface area contributed by atoms with Crippen LogP contribution in [0.3, 0.4) is 0 Å². The second kappa shape index (κ2) is 5.25. The average molecular weight is 184 g/mol. The summed E-state index contributed by atoms with van der Waals surface area (Å²) < 4.78 is 0. The second-order valence-electron chi connectivity index (χ2n) is 4.14. The van der Waals surface area contributed by atoms with Crippen LogP contribution in [0.4, 0.5) is 0 Å². The van der Waals surface area contributed by atoms with Crippen molar-refractivity contribution >= 4 is 5.97 Å². The molecule has 0 amide bonds. The van der Waals surface area contributed by atoms with E-state index in [1.54, 1.807) is 0 Å². The monoisotopic (exact) mass is 184 g/mol. The molecule has 0 aromatic carbocycles. The molecule has 1 N–H and O–H groups in total. The predicted octanol–water partition coefficient (Wildman–Crippen LogP) is 3.07. The third kappa shape index (κ3) is 3.79. The van der Waals surface area contributed by atoms with Crippen LogP contribution in [0.5, 0.6) is 0 Å². The first kappa shape index (κ1) is 10.6. The SMILES string of the molecule is CCCCCCCC1CC1C(=O)O. The Morgan fingerprint density at radius 3 is 2.54 bits per heavy atom. The number of aliphatic carboxylic acids is 1. The van der Waals surface area contributed by atoms with Crippen molar-refractivity contribution in [2.75, 3.05) is 0 Å². The highest BCUT2D eigenvalue weighted by molar-refractivity contribution is 5.73. The number of rotatable bonds is 7. The Hall–Kier alpha value is -0.530. The van der Waals surface area contributed by atoms with E-state index in [9.17, 15) is 4.79 Å². The molecule has 2 unspecified atom stereocenters. The molecule has 1 aliphatic carbocycles. The van der Waals surface area contributed by atoms with Crippen molar-refractivity contribution in [1.82, 2.24) is 0 Å². The Morgan fingerprint density at radius 2 is 2.00 bits per heavy atom. The molecule has 1 rings (SSSR count). The molecule has 0 aliphatic heterocycles. The first-order valence-corrected chi connectivity index (χ1v) is 5.48. The third-order valence-corrected chi connectivity index (χ3v) is 2.92. The summed E-state index contributed by atoms with van der Waals surface area (Å²) in [7, 11) is 0. The van der Waals surface area contributed by atoms with Crippen molar-refractivity contribution in [2.24, 2.45) is 11.8 Å². The molecule has 0 bridgehead atoms. The summed E-state index contributed by atoms with van der Waals surface area (Å²) in [5, 5.41) is 8.66. The maximum absolute atomic E-state index is 10.5. The van der Waals surface area contributed by atoms with E-state index in [1.807, 2.05) is 0 Å². The van der Waals surface area contributed by atoms with E-state index in [0.717, 1.165) is 12.8 Å². The van der Waals surface area contributed by atoms with Gasteiger partial charge < -0.3 is 5.11 Å². The summed E-state index contributed by atoms with van der Waals surface area (Å²) in [4.78, 5) is 10.5. The molecule has 0 spiro atoms. The number of carbonyl (C=O) groups is 1. The zero-order chi connectivity index (χ0) is 9.68. The maximum Gasteiger partial charge on any atom is 0.306 e. The molecule has 1 aliphatic rings. The number of carboxylic acid groups (broad SMARTS) is 1. The van der Waals surface area contributed by atoms with Gasteiger partial charge in [-0.25, -0.2) is 0 Å². The zero-order valence-electron chi connectivity index (χ0n) is 8.46. The Morgan fingerprint density at radius 1 is 1.31 bits per heavy atom. The van der Waals surface area contributed by atoms with Gasteiger partial charge in [0.15, 0.2) is 0 Å². The molecular formula is C11H20O2. The molecule has 0 aromatic rings. The van der Waals surface area contributed by atoms with Crippen molar-refractivity contribution in [3.05, 3.63) is 0 Å². The molecule has 0 radical (unpaired) electrons. The van der Waals surface area contributed by atoms with E-state index in [1.165, 1.54) is 32.1 Å². The first-order chi connectivity index (χ1) is 6.25. The van der Waals surface area contributed by atoms with Gasteiger partial charge in [0.1, 0.15) is 0 Å². The van der Waals surface area contributed by atoms with Crippen LogP contribution in [0.1, 0.15) is 51.9 Å². The van der Waals surface area contributed by atoms with E-state index in [-0.39, 0.29) is 5.92 Å². The van der Waals surface area contributed by atoms with Gasteiger partial charge in [-0.05, 0) is 18.8 Å². The lowest BCUT2D eigenvalue weighted by Crippen LogP contribution is -1.99. The van der Waals surface area contributed by atoms with Crippen LogP contribution in [0, 0.1) is 11.8 Å². The highest BCUT2D eigenvalue weighted by atomic mass is 16.4. The van der Waals surface area contributed by atoms with Gasteiger partial charge in [0, 0.05) is 0 Å². The van der Waals surface area contributed by atoms with Gasteiger partial charge in [0.2, 0.25) is 0 Å². The standard InChI is InChI=1S/C11H20O2/c1-2-3-4-5-6-7-9-8-10(9)11(12)13/h9-10H,2-8H2,1H3,(H,12,13). The smallest absolute Gasteiger partial charge is 0.306 e. The van der Waals surface area contributed by atoms with Crippen molar-refractivity contribution in [1.29, 1.82) is 0 Å². The van der Waals surface area contributed by atoms with Gasteiger partial charge in [-0.15, -0.1) is 0 Å². The van der Waals surface area contributed by atoms with Crippen LogP contribution in [0.15, 0.2) is 0 Å². The van der Waals surface area contributed by atoms with Crippen LogP contribution in [0.25, 0.3) is 0 Å².